The molecule has 0 saturated carbocycles. The predicted octanol–water partition coefficient (Wildman–Crippen LogP) is 6.59. The van der Waals surface area contributed by atoms with Gasteiger partial charge >= 0.3 is 0 Å². The molecule has 3 aromatic carbocycles. The van der Waals surface area contributed by atoms with E-state index in [4.69, 9.17) is 16.3 Å². The van der Waals surface area contributed by atoms with E-state index in [1.807, 2.05) is 48.5 Å². The number of amides is 1. The van der Waals surface area contributed by atoms with Gasteiger partial charge in [0, 0.05) is 33.8 Å². The Kier molecular flexibility index (Phi) is 6.96. The summed E-state index contributed by atoms with van der Waals surface area (Å²) >= 11 is 6.08. The van der Waals surface area contributed by atoms with Crippen LogP contribution in [0.15, 0.2) is 84.1 Å². The molecule has 1 aliphatic carbocycles. The van der Waals surface area contributed by atoms with E-state index < -0.39 is 6.04 Å². The van der Waals surface area contributed by atoms with E-state index in [9.17, 15) is 9.59 Å². The summed E-state index contributed by atoms with van der Waals surface area (Å²) in [6.45, 7) is 0. The molecule has 2 aliphatic rings. The third-order valence-electron chi connectivity index (χ3n) is 6.18. The Labute approximate surface area is 209 Å². The first-order valence-corrected chi connectivity index (χ1v) is 11.3. The Balaban J connectivity index is 0.00000274. The van der Waals surface area contributed by atoms with Crippen LogP contribution in [0.5, 0.6) is 5.75 Å². The molecule has 0 aromatic heterocycles. The monoisotopic (exact) mass is 494 g/mol. The van der Waals surface area contributed by atoms with Gasteiger partial charge in [-0.3, -0.25) is 14.5 Å². The maximum atomic E-state index is 14.1. The number of ketones is 1. The van der Waals surface area contributed by atoms with Gasteiger partial charge in [0.2, 0.25) is 0 Å². The number of hydrogen-bond donors (Lipinski definition) is 1. The standard InChI is InChI=1S/C27H23ClN2O3.ClH/c1-33-24-12-5-2-7-19(24)26-25-21(9-6-11-23(25)31)29-20-8-3-4-10-22(20)30(26)27(32)17-13-15-18(28)16-14-17;/h2-5,7-8,10,12-16,26,29H,6,9,11H2,1H3;1H. The minimum atomic E-state index is -0.636. The number of rotatable bonds is 3. The van der Waals surface area contributed by atoms with Crippen molar-refractivity contribution < 1.29 is 14.3 Å². The minimum absolute atomic E-state index is 0. The number of nitrogens with zero attached hydrogens (tertiary/aromatic N) is 1. The summed E-state index contributed by atoms with van der Waals surface area (Å²) in [5.41, 5.74) is 4.23. The van der Waals surface area contributed by atoms with E-state index in [1.54, 1.807) is 36.3 Å². The molecule has 1 N–H and O–H groups in total. The van der Waals surface area contributed by atoms with E-state index in [1.165, 1.54) is 0 Å². The molecule has 5 rings (SSSR count). The van der Waals surface area contributed by atoms with Crippen LogP contribution in [0.3, 0.4) is 0 Å². The van der Waals surface area contributed by atoms with Crippen molar-refractivity contribution in [3.8, 4) is 5.75 Å². The van der Waals surface area contributed by atoms with Gasteiger partial charge < -0.3 is 10.1 Å². The Hall–Kier alpha value is -3.28. The smallest absolute Gasteiger partial charge is 0.259 e. The average molecular weight is 495 g/mol. The quantitative estimate of drug-likeness (QED) is 0.445. The van der Waals surface area contributed by atoms with E-state index in [0.717, 1.165) is 29.8 Å². The Morgan fingerprint density at radius 1 is 1.00 bits per heavy atom. The molecular weight excluding hydrogens is 471 g/mol. The Bertz CT molecular complexity index is 1270. The van der Waals surface area contributed by atoms with Crippen LogP contribution < -0.4 is 15.0 Å². The van der Waals surface area contributed by atoms with Gasteiger partial charge in [-0.15, -0.1) is 12.4 Å². The number of nitrogens with one attached hydrogen (secondary N) is 1. The van der Waals surface area contributed by atoms with Crippen molar-refractivity contribution in [3.05, 3.63) is 100 Å². The first-order chi connectivity index (χ1) is 16.1. The number of fused-ring (bicyclic) bond motifs is 1. The van der Waals surface area contributed by atoms with Crippen LogP contribution in [0.25, 0.3) is 0 Å². The largest absolute Gasteiger partial charge is 0.496 e. The lowest BCUT2D eigenvalue weighted by molar-refractivity contribution is -0.116. The highest BCUT2D eigenvalue weighted by Gasteiger charge is 2.40. The number of allylic oxidation sites excluding steroid dienone is 1. The van der Waals surface area contributed by atoms with Crippen LogP contribution in [-0.2, 0) is 4.79 Å². The molecule has 174 valence electrons. The molecule has 1 aliphatic heterocycles. The highest BCUT2D eigenvalue weighted by Crippen LogP contribution is 2.47. The molecular formula is C27H24Cl2N2O3. The van der Waals surface area contributed by atoms with Gasteiger partial charge in [-0.1, -0.05) is 41.9 Å². The number of Topliss-reactive ketones (excluding diaryl/α,β-unsaturated/α-hetero) is 1. The first kappa shape index (κ1) is 23.9. The number of hydrogen-bond acceptors (Lipinski definition) is 4. The van der Waals surface area contributed by atoms with Crippen molar-refractivity contribution >= 4 is 47.1 Å². The second-order valence-electron chi connectivity index (χ2n) is 8.14. The van der Waals surface area contributed by atoms with Crippen LogP contribution in [0.4, 0.5) is 11.4 Å². The number of carbonyl (C=O) groups is 2. The third kappa shape index (κ3) is 4.17. The molecule has 0 spiro atoms. The van der Waals surface area contributed by atoms with Crippen molar-refractivity contribution in [3.63, 3.8) is 0 Å². The second-order valence-corrected chi connectivity index (χ2v) is 8.57. The molecule has 1 atom stereocenters. The number of benzene rings is 3. The van der Waals surface area contributed by atoms with Gasteiger partial charge in [0.15, 0.2) is 5.78 Å². The third-order valence-corrected chi connectivity index (χ3v) is 6.43. The molecule has 7 heteroatoms. The fraction of sp³-hybridized carbons (Fsp3) is 0.185. The number of halogens is 2. The summed E-state index contributed by atoms with van der Waals surface area (Å²) in [4.78, 5) is 29.2. The number of methoxy groups -OCH3 is 1. The van der Waals surface area contributed by atoms with Gasteiger partial charge in [-0.05, 0) is 55.3 Å². The fourth-order valence-corrected chi connectivity index (χ4v) is 4.80. The molecule has 0 fully saturated rings. The van der Waals surface area contributed by atoms with Gasteiger partial charge in [0.25, 0.3) is 5.91 Å². The first-order valence-electron chi connectivity index (χ1n) is 10.9. The van der Waals surface area contributed by atoms with E-state index in [-0.39, 0.29) is 24.1 Å². The molecule has 1 heterocycles. The molecule has 1 amide bonds. The Morgan fingerprint density at radius 2 is 1.71 bits per heavy atom. The number of para-hydroxylation sites is 3. The second kappa shape index (κ2) is 9.92. The lowest BCUT2D eigenvalue weighted by Crippen LogP contribution is -2.38. The topological polar surface area (TPSA) is 58.6 Å². The zero-order chi connectivity index (χ0) is 22.9. The van der Waals surface area contributed by atoms with Gasteiger partial charge in [0.05, 0.1) is 24.5 Å². The highest BCUT2D eigenvalue weighted by molar-refractivity contribution is 6.30. The van der Waals surface area contributed by atoms with Crippen LogP contribution in [0, 0.1) is 0 Å². The number of ether oxygens (including phenoxy) is 1. The molecule has 1 unspecified atom stereocenters. The van der Waals surface area contributed by atoms with Gasteiger partial charge in [0.1, 0.15) is 5.75 Å². The van der Waals surface area contributed by atoms with E-state index in [0.29, 0.717) is 34.0 Å². The van der Waals surface area contributed by atoms with E-state index in [2.05, 4.69) is 5.32 Å². The normalized spacial score (nSPS) is 17.1. The molecule has 34 heavy (non-hydrogen) atoms. The van der Waals surface area contributed by atoms with Crippen LogP contribution in [0.2, 0.25) is 5.02 Å². The summed E-state index contributed by atoms with van der Waals surface area (Å²) in [5, 5.41) is 4.03. The SMILES string of the molecule is COc1ccccc1C1C2=C(CCCC2=O)Nc2ccccc2N1C(=O)c1ccc(Cl)cc1.Cl. The predicted molar refractivity (Wildman–Crippen MR) is 137 cm³/mol. The number of carbonyl (C=O) groups excluding carboxylic acids is 2. The molecule has 5 nitrogen and oxygen atoms in total. The van der Waals surface area contributed by atoms with Crippen molar-refractivity contribution in [1.29, 1.82) is 0 Å². The van der Waals surface area contributed by atoms with Crippen LogP contribution >= 0.6 is 24.0 Å². The van der Waals surface area contributed by atoms with Crippen LogP contribution in [0.1, 0.15) is 41.2 Å². The van der Waals surface area contributed by atoms with Crippen molar-refractivity contribution in [1.82, 2.24) is 0 Å². The molecule has 3 aromatic rings. The van der Waals surface area contributed by atoms with E-state index >= 15 is 0 Å². The molecule has 0 bridgehead atoms. The Morgan fingerprint density at radius 3 is 2.47 bits per heavy atom. The molecule has 0 saturated heterocycles. The summed E-state index contributed by atoms with van der Waals surface area (Å²) < 4.78 is 5.68. The van der Waals surface area contributed by atoms with Gasteiger partial charge in [-0.2, -0.15) is 0 Å². The summed E-state index contributed by atoms with van der Waals surface area (Å²) in [7, 11) is 1.60. The van der Waals surface area contributed by atoms with Crippen molar-refractivity contribution in [2.75, 3.05) is 17.3 Å². The summed E-state index contributed by atoms with van der Waals surface area (Å²) in [6.07, 6.45) is 1.96. The summed E-state index contributed by atoms with van der Waals surface area (Å²) in [5.74, 6) is 0.450. The van der Waals surface area contributed by atoms with Crippen molar-refractivity contribution in [2.24, 2.45) is 0 Å². The highest BCUT2D eigenvalue weighted by atomic mass is 35.5. The van der Waals surface area contributed by atoms with Crippen LogP contribution in [-0.4, -0.2) is 18.8 Å². The van der Waals surface area contributed by atoms with Gasteiger partial charge in [-0.25, -0.2) is 0 Å². The minimum Gasteiger partial charge on any atom is -0.496 e. The zero-order valence-corrected chi connectivity index (χ0v) is 20.2. The maximum absolute atomic E-state index is 14.1. The maximum Gasteiger partial charge on any atom is 0.259 e. The zero-order valence-electron chi connectivity index (χ0n) is 18.6. The lowest BCUT2D eigenvalue weighted by atomic mass is 9.85. The summed E-state index contributed by atoms with van der Waals surface area (Å²) in [6, 6.07) is 21.4. The van der Waals surface area contributed by atoms with Crippen molar-refractivity contribution in [2.45, 2.75) is 25.3 Å². The fourth-order valence-electron chi connectivity index (χ4n) is 4.68. The molecule has 0 radical (unpaired) electrons. The average Bonchev–Trinajstić information content (AvgIpc) is 2.99. The lowest BCUT2D eigenvalue weighted by Gasteiger charge is -2.34. The number of anilines is 2.